The molecule has 1 aromatic heterocycles. The highest BCUT2D eigenvalue weighted by atomic mass is 32.2. The molecule has 0 bridgehead atoms. The van der Waals surface area contributed by atoms with Crippen LogP contribution in [-0.2, 0) is 5.75 Å². The second kappa shape index (κ2) is 7.70. The van der Waals surface area contributed by atoms with E-state index in [1.807, 2.05) is 18.2 Å². The van der Waals surface area contributed by atoms with Crippen molar-refractivity contribution in [1.82, 2.24) is 10.2 Å². The van der Waals surface area contributed by atoms with Gasteiger partial charge in [0.2, 0.25) is 5.89 Å². The highest BCUT2D eigenvalue weighted by Crippen LogP contribution is 2.29. The average Bonchev–Trinajstić information content (AvgIpc) is 3.09. The van der Waals surface area contributed by atoms with Crippen molar-refractivity contribution in [3.8, 4) is 11.5 Å². The van der Waals surface area contributed by atoms with Crippen LogP contribution < -0.4 is 0 Å². The van der Waals surface area contributed by atoms with Crippen LogP contribution in [0.1, 0.15) is 36.5 Å². The molecule has 0 atom stereocenters. The minimum atomic E-state index is -0.366. The second-order valence-corrected chi connectivity index (χ2v) is 7.18. The summed E-state index contributed by atoms with van der Waals surface area (Å²) in [4.78, 5) is 10.7. The maximum absolute atomic E-state index is 11.0. The van der Waals surface area contributed by atoms with Crippen molar-refractivity contribution in [2.24, 2.45) is 0 Å². The molecule has 0 saturated carbocycles. The zero-order valence-electron chi connectivity index (χ0n) is 14.8. The number of benzene rings is 2. The predicted molar refractivity (Wildman–Crippen MR) is 101 cm³/mol. The highest BCUT2D eigenvalue weighted by Gasteiger charge is 2.15. The van der Waals surface area contributed by atoms with E-state index in [0.29, 0.717) is 28.3 Å². The molecule has 0 radical (unpaired) electrons. The van der Waals surface area contributed by atoms with E-state index in [9.17, 15) is 10.1 Å². The van der Waals surface area contributed by atoms with Crippen LogP contribution in [0.15, 0.2) is 52.1 Å². The summed E-state index contributed by atoms with van der Waals surface area (Å²) in [6, 6.07) is 13.1. The molecule has 7 heteroatoms. The molecule has 134 valence electrons. The number of thioether (sulfide) groups is 1. The van der Waals surface area contributed by atoms with Crippen molar-refractivity contribution in [3.05, 3.63) is 69.3 Å². The summed E-state index contributed by atoms with van der Waals surface area (Å²) < 4.78 is 5.72. The second-order valence-electron chi connectivity index (χ2n) is 6.26. The van der Waals surface area contributed by atoms with E-state index in [1.165, 1.54) is 23.4 Å². The van der Waals surface area contributed by atoms with Crippen LogP contribution in [0.2, 0.25) is 0 Å². The fraction of sp³-hybridized carbons (Fsp3) is 0.263. The molecule has 0 aliphatic carbocycles. The Morgan fingerprint density at radius 1 is 1.15 bits per heavy atom. The number of aromatic nitrogens is 2. The monoisotopic (exact) mass is 369 g/mol. The predicted octanol–water partition coefficient (Wildman–Crippen LogP) is 5.37. The normalized spacial score (nSPS) is 11.1. The van der Waals surface area contributed by atoms with Crippen LogP contribution in [0, 0.1) is 17.0 Å². The van der Waals surface area contributed by atoms with Crippen LogP contribution in [0.4, 0.5) is 5.69 Å². The lowest BCUT2D eigenvalue weighted by atomic mass is 10.0. The van der Waals surface area contributed by atoms with Crippen molar-refractivity contribution >= 4 is 17.4 Å². The Labute approximate surface area is 155 Å². The summed E-state index contributed by atoms with van der Waals surface area (Å²) >= 11 is 1.37. The third kappa shape index (κ3) is 3.94. The van der Waals surface area contributed by atoms with Gasteiger partial charge in [-0.05, 0) is 36.1 Å². The minimum Gasteiger partial charge on any atom is -0.411 e. The maximum atomic E-state index is 11.0. The first-order valence-electron chi connectivity index (χ1n) is 8.25. The largest absolute Gasteiger partial charge is 0.411 e. The van der Waals surface area contributed by atoms with Gasteiger partial charge in [-0.3, -0.25) is 10.1 Å². The lowest BCUT2D eigenvalue weighted by molar-refractivity contribution is -0.385. The smallest absolute Gasteiger partial charge is 0.277 e. The molecule has 3 rings (SSSR count). The lowest BCUT2D eigenvalue weighted by Crippen LogP contribution is -1.95. The molecule has 1 heterocycles. The molecule has 0 spiro atoms. The molecule has 2 aromatic carbocycles. The van der Waals surface area contributed by atoms with Crippen LogP contribution in [0.3, 0.4) is 0 Å². The fourth-order valence-corrected chi connectivity index (χ4v) is 3.39. The lowest BCUT2D eigenvalue weighted by Gasteiger charge is -2.05. The Morgan fingerprint density at radius 3 is 2.54 bits per heavy atom. The summed E-state index contributed by atoms with van der Waals surface area (Å²) in [5.41, 5.74) is 3.79. The Hall–Kier alpha value is -2.67. The third-order valence-electron chi connectivity index (χ3n) is 4.20. The van der Waals surface area contributed by atoms with Crippen molar-refractivity contribution < 1.29 is 9.34 Å². The summed E-state index contributed by atoms with van der Waals surface area (Å²) in [7, 11) is 0. The molecule has 0 saturated heterocycles. The van der Waals surface area contributed by atoms with Gasteiger partial charge in [0.05, 0.1) is 4.92 Å². The minimum absolute atomic E-state index is 0.125. The zero-order valence-corrected chi connectivity index (χ0v) is 15.6. The Bertz CT molecular complexity index is 920. The van der Waals surface area contributed by atoms with Gasteiger partial charge in [-0.1, -0.05) is 49.9 Å². The van der Waals surface area contributed by atoms with E-state index in [2.05, 4.69) is 36.2 Å². The highest BCUT2D eigenvalue weighted by molar-refractivity contribution is 7.98. The number of nitro groups is 1. The molecular formula is C19H19N3O3S. The molecule has 0 N–H and O–H groups in total. The molecule has 26 heavy (non-hydrogen) atoms. The molecule has 0 aliphatic rings. The van der Waals surface area contributed by atoms with Gasteiger partial charge in [0.1, 0.15) is 0 Å². The Kier molecular flexibility index (Phi) is 5.37. The maximum Gasteiger partial charge on any atom is 0.277 e. The summed E-state index contributed by atoms with van der Waals surface area (Å²) in [5, 5.41) is 19.6. The molecule has 0 amide bonds. The van der Waals surface area contributed by atoms with Crippen LogP contribution in [-0.4, -0.2) is 15.1 Å². The van der Waals surface area contributed by atoms with Gasteiger partial charge >= 0.3 is 0 Å². The first-order chi connectivity index (χ1) is 12.5. The first kappa shape index (κ1) is 18.1. The fourth-order valence-electron chi connectivity index (χ4n) is 2.56. The van der Waals surface area contributed by atoms with E-state index in [0.717, 1.165) is 11.1 Å². The average molecular weight is 369 g/mol. The van der Waals surface area contributed by atoms with Gasteiger partial charge in [-0.15, -0.1) is 10.2 Å². The number of nitrogens with zero attached hydrogens (tertiary/aromatic N) is 3. The number of hydrogen-bond acceptors (Lipinski definition) is 6. The van der Waals surface area contributed by atoms with Gasteiger partial charge in [0, 0.05) is 22.9 Å². The van der Waals surface area contributed by atoms with E-state index >= 15 is 0 Å². The molecule has 6 nitrogen and oxygen atoms in total. The Morgan fingerprint density at radius 2 is 1.88 bits per heavy atom. The van der Waals surface area contributed by atoms with E-state index in [4.69, 9.17) is 4.42 Å². The van der Waals surface area contributed by atoms with Crippen LogP contribution in [0.25, 0.3) is 11.5 Å². The molecule has 0 unspecified atom stereocenters. The number of hydrogen-bond donors (Lipinski definition) is 0. The van der Waals surface area contributed by atoms with Crippen molar-refractivity contribution in [2.75, 3.05) is 0 Å². The van der Waals surface area contributed by atoms with Crippen molar-refractivity contribution in [3.63, 3.8) is 0 Å². The van der Waals surface area contributed by atoms with E-state index in [1.54, 1.807) is 13.0 Å². The summed E-state index contributed by atoms with van der Waals surface area (Å²) in [6.45, 7) is 6.04. The van der Waals surface area contributed by atoms with Gasteiger partial charge in [0.25, 0.3) is 10.9 Å². The summed E-state index contributed by atoms with van der Waals surface area (Å²) in [5.74, 6) is 1.47. The standard InChI is InChI=1S/C19H19N3O3S/c1-12(2)14-7-9-15(10-8-14)18-20-21-19(25-18)26-11-16-5-4-6-17(13(16)3)22(23)24/h4-10,12H,11H2,1-3H3. The van der Waals surface area contributed by atoms with Crippen molar-refractivity contribution in [1.29, 1.82) is 0 Å². The van der Waals surface area contributed by atoms with Crippen LogP contribution >= 0.6 is 11.8 Å². The number of nitro benzene ring substituents is 1. The molecule has 0 aliphatic heterocycles. The molecule has 3 aromatic rings. The SMILES string of the molecule is Cc1c(CSc2nnc(-c3ccc(C(C)C)cc3)o2)cccc1[N+](=O)[O-]. The summed E-state index contributed by atoms with van der Waals surface area (Å²) in [6.07, 6.45) is 0. The van der Waals surface area contributed by atoms with Gasteiger partial charge in [-0.25, -0.2) is 0 Å². The third-order valence-corrected chi connectivity index (χ3v) is 5.06. The Balaban J connectivity index is 1.71. The first-order valence-corrected chi connectivity index (χ1v) is 9.23. The quantitative estimate of drug-likeness (QED) is 0.330. The van der Waals surface area contributed by atoms with Crippen LogP contribution in [0.5, 0.6) is 0 Å². The zero-order chi connectivity index (χ0) is 18.7. The topological polar surface area (TPSA) is 82.1 Å². The van der Waals surface area contributed by atoms with Crippen molar-refractivity contribution in [2.45, 2.75) is 37.7 Å². The van der Waals surface area contributed by atoms with Gasteiger partial charge in [-0.2, -0.15) is 0 Å². The number of rotatable bonds is 6. The molecular weight excluding hydrogens is 350 g/mol. The molecule has 0 fully saturated rings. The van der Waals surface area contributed by atoms with Gasteiger partial charge in [0.15, 0.2) is 0 Å². The van der Waals surface area contributed by atoms with E-state index < -0.39 is 0 Å². The van der Waals surface area contributed by atoms with Gasteiger partial charge < -0.3 is 4.42 Å². The van der Waals surface area contributed by atoms with E-state index in [-0.39, 0.29) is 10.6 Å².